The van der Waals surface area contributed by atoms with E-state index in [2.05, 4.69) is 34.8 Å². The Morgan fingerprint density at radius 2 is 1.36 bits per heavy atom. The summed E-state index contributed by atoms with van der Waals surface area (Å²) in [4.78, 5) is 9.36. The molecule has 9 heteroatoms. The molecule has 0 bridgehead atoms. The SMILES string of the molecule is COc1ccc(CNc2ncc(Nc3cc(Cl)c(OC)cc3C(C)C)c(NCc3ccc(OC)cc3)n2)cc1. The highest BCUT2D eigenvalue weighted by atomic mass is 35.5. The average Bonchev–Trinajstić information content (AvgIpc) is 2.96. The molecule has 0 fully saturated rings. The van der Waals surface area contributed by atoms with Gasteiger partial charge in [0.1, 0.15) is 22.9 Å². The molecule has 39 heavy (non-hydrogen) atoms. The van der Waals surface area contributed by atoms with E-state index in [9.17, 15) is 0 Å². The van der Waals surface area contributed by atoms with Crippen molar-refractivity contribution in [1.82, 2.24) is 9.97 Å². The molecule has 0 radical (unpaired) electrons. The lowest BCUT2D eigenvalue weighted by Gasteiger charge is -2.19. The second-order valence-corrected chi connectivity index (χ2v) is 9.62. The van der Waals surface area contributed by atoms with Crippen LogP contribution in [-0.4, -0.2) is 31.3 Å². The van der Waals surface area contributed by atoms with Gasteiger partial charge in [-0.15, -0.1) is 0 Å². The molecule has 0 atom stereocenters. The van der Waals surface area contributed by atoms with Gasteiger partial charge in [0.15, 0.2) is 5.82 Å². The van der Waals surface area contributed by atoms with Crippen LogP contribution in [0.1, 0.15) is 36.5 Å². The van der Waals surface area contributed by atoms with Crippen LogP contribution in [0.15, 0.2) is 66.9 Å². The molecule has 0 amide bonds. The minimum absolute atomic E-state index is 0.237. The summed E-state index contributed by atoms with van der Waals surface area (Å²) in [6, 6.07) is 19.6. The third kappa shape index (κ3) is 7.23. The first-order chi connectivity index (χ1) is 18.9. The highest BCUT2D eigenvalue weighted by molar-refractivity contribution is 6.32. The fourth-order valence-electron chi connectivity index (χ4n) is 4.00. The van der Waals surface area contributed by atoms with Gasteiger partial charge in [-0.2, -0.15) is 4.98 Å². The Labute approximate surface area is 234 Å². The van der Waals surface area contributed by atoms with Crippen molar-refractivity contribution >= 4 is 34.7 Å². The van der Waals surface area contributed by atoms with E-state index < -0.39 is 0 Å². The maximum atomic E-state index is 6.48. The summed E-state index contributed by atoms with van der Waals surface area (Å²) < 4.78 is 16.0. The summed E-state index contributed by atoms with van der Waals surface area (Å²) in [5.74, 6) is 3.66. The first-order valence-corrected chi connectivity index (χ1v) is 13.0. The number of anilines is 4. The van der Waals surface area contributed by atoms with Crippen LogP contribution in [0.2, 0.25) is 5.02 Å². The van der Waals surface area contributed by atoms with Crippen LogP contribution in [0, 0.1) is 0 Å². The van der Waals surface area contributed by atoms with E-state index >= 15 is 0 Å². The van der Waals surface area contributed by atoms with E-state index in [0.717, 1.165) is 39.6 Å². The minimum Gasteiger partial charge on any atom is -0.497 e. The number of nitrogens with one attached hydrogen (secondary N) is 3. The summed E-state index contributed by atoms with van der Waals surface area (Å²) in [5.41, 5.74) is 4.83. The van der Waals surface area contributed by atoms with E-state index in [-0.39, 0.29) is 5.92 Å². The van der Waals surface area contributed by atoms with Crippen molar-refractivity contribution in [3.63, 3.8) is 0 Å². The number of halogens is 1. The van der Waals surface area contributed by atoms with Gasteiger partial charge in [0.2, 0.25) is 5.95 Å². The molecule has 204 valence electrons. The Morgan fingerprint density at radius 1 is 0.769 bits per heavy atom. The molecule has 0 aliphatic rings. The second-order valence-electron chi connectivity index (χ2n) is 9.21. The van der Waals surface area contributed by atoms with Crippen LogP contribution in [0.3, 0.4) is 0 Å². The molecular weight excluding hydrogens is 514 g/mol. The molecule has 3 aromatic carbocycles. The number of hydrogen-bond acceptors (Lipinski definition) is 8. The molecule has 1 heterocycles. The predicted molar refractivity (Wildman–Crippen MR) is 158 cm³/mol. The van der Waals surface area contributed by atoms with Crippen molar-refractivity contribution in [2.45, 2.75) is 32.9 Å². The van der Waals surface area contributed by atoms with Crippen molar-refractivity contribution in [2.75, 3.05) is 37.3 Å². The fourth-order valence-corrected chi connectivity index (χ4v) is 4.24. The van der Waals surface area contributed by atoms with Crippen molar-refractivity contribution < 1.29 is 14.2 Å². The number of hydrogen-bond donors (Lipinski definition) is 3. The molecule has 8 nitrogen and oxygen atoms in total. The van der Waals surface area contributed by atoms with Gasteiger partial charge < -0.3 is 30.2 Å². The zero-order valence-corrected chi connectivity index (χ0v) is 23.6. The van der Waals surface area contributed by atoms with Gasteiger partial charge in [-0.3, -0.25) is 0 Å². The van der Waals surface area contributed by atoms with Gasteiger partial charge in [-0.05, 0) is 59.0 Å². The van der Waals surface area contributed by atoms with Gasteiger partial charge in [-0.25, -0.2) is 4.98 Å². The zero-order chi connectivity index (χ0) is 27.8. The number of benzene rings is 3. The highest BCUT2D eigenvalue weighted by Crippen LogP contribution is 2.37. The van der Waals surface area contributed by atoms with Crippen molar-refractivity contribution in [3.05, 3.63) is 88.6 Å². The normalized spacial score (nSPS) is 10.7. The van der Waals surface area contributed by atoms with Crippen LogP contribution in [0.4, 0.5) is 23.1 Å². The summed E-state index contributed by atoms with van der Waals surface area (Å²) in [7, 11) is 4.93. The zero-order valence-electron chi connectivity index (χ0n) is 22.8. The number of ether oxygens (including phenoxy) is 3. The lowest BCUT2D eigenvalue weighted by atomic mass is 10.0. The lowest BCUT2D eigenvalue weighted by molar-refractivity contribution is 0.414. The summed E-state index contributed by atoms with van der Waals surface area (Å²) in [5, 5.41) is 10.8. The molecule has 0 spiro atoms. The van der Waals surface area contributed by atoms with Crippen molar-refractivity contribution in [2.24, 2.45) is 0 Å². The van der Waals surface area contributed by atoms with Crippen LogP contribution < -0.4 is 30.2 Å². The van der Waals surface area contributed by atoms with Crippen LogP contribution in [0.25, 0.3) is 0 Å². The first-order valence-electron chi connectivity index (χ1n) is 12.6. The second kappa shape index (κ2) is 13.1. The average molecular weight is 548 g/mol. The molecule has 0 saturated carbocycles. The molecular formula is C30H34ClN5O3. The molecule has 4 rings (SSSR count). The van der Waals surface area contributed by atoms with Crippen molar-refractivity contribution in [1.29, 1.82) is 0 Å². The van der Waals surface area contributed by atoms with Gasteiger partial charge in [0, 0.05) is 18.8 Å². The smallest absolute Gasteiger partial charge is 0.225 e. The molecule has 0 aliphatic heterocycles. The van der Waals surface area contributed by atoms with Crippen LogP contribution in [0.5, 0.6) is 17.2 Å². The van der Waals surface area contributed by atoms with Gasteiger partial charge in [0.05, 0.1) is 32.5 Å². The summed E-state index contributed by atoms with van der Waals surface area (Å²) >= 11 is 6.48. The maximum absolute atomic E-state index is 6.48. The van der Waals surface area contributed by atoms with E-state index in [1.165, 1.54) is 0 Å². The Morgan fingerprint density at radius 3 is 1.90 bits per heavy atom. The third-order valence-electron chi connectivity index (χ3n) is 6.23. The lowest BCUT2D eigenvalue weighted by Crippen LogP contribution is -2.10. The van der Waals surface area contributed by atoms with Gasteiger partial charge >= 0.3 is 0 Å². The molecule has 0 unspecified atom stereocenters. The summed E-state index contributed by atoms with van der Waals surface area (Å²) in [6.07, 6.45) is 1.77. The number of nitrogens with zero attached hydrogens (tertiary/aromatic N) is 2. The monoisotopic (exact) mass is 547 g/mol. The first kappa shape index (κ1) is 27.9. The Hall–Kier alpha value is -4.17. The maximum Gasteiger partial charge on any atom is 0.225 e. The Bertz CT molecular complexity index is 1380. The Balaban J connectivity index is 1.60. The van der Waals surface area contributed by atoms with Crippen molar-refractivity contribution in [3.8, 4) is 17.2 Å². The molecule has 3 N–H and O–H groups in total. The standard InChI is InChI=1S/C30H34ClN5O3/c1-19(2)24-14-28(39-5)25(31)15-26(24)35-27-18-34-30(33-17-21-8-12-23(38-4)13-9-21)36-29(27)32-16-20-6-10-22(37-3)11-7-20/h6-15,18-19,35H,16-17H2,1-5H3,(H2,32,33,34,36). The largest absolute Gasteiger partial charge is 0.497 e. The predicted octanol–water partition coefficient (Wildman–Crippen LogP) is 7.25. The van der Waals surface area contributed by atoms with Crippen LogP contribution in [-0.2, 0) is 13.1 Å². The number of methoxy groups -OCH3 is 3. The van der Waals surface area contributed by atoms with E-state index in [1.54, 1.807) is 27.5 Å². The molecule has 4 aromatic rings. The number of aromatic nitrogens is 2. The fraction of sp³-hybridized carbons (Fsp3) is 0.267. The minimum atomic E-state index is 0.237. The summed E-state index contributed by atoms with van der Waals surface area (Å²) in [6.45, 7) is 5.38. The topological polar surface area (TPSA) is 89.6 Å². The molecule has 0 saturated heterocycles. The van der Waals surface area contributed by atoms with E-state index in [1.807, 2.05) is 60.7 Å². The quantitative estimate of drug-likeness (QED) is 0.171. The third-order valence-corrected chi connectivity index (χ3v) is 6.53. The molecule has 0 aliphatic carbocycles. The van der Waals surface area contributed by atoms with Gasteiger partial charge in [-0.1, -0.05) is 49.7 Å². The number of rotatable bonds is 12. The van der Waals surface area contributed by atoms with E-state index in [4.69, 9.17) is 30.8 Å². The molecule has 1 aromatic heterocycles. The highest BCUT2D eigenvalue weighted by Gasteiger charge is 2.15. The van der Waals surface area contributed by atoms with E-state index in [0.29, 0.717) is 35.6 Å². The Kier molecular flexibility index (Phi) is 9.33. The van der Waals surface area contributed by atoms with Gasteiger partial charge in [0.25, 0.3) is 0 Å². The van der Waals surface area contributed by atoms with Crippen LogP contribution >= 0.6 is 11.6 Å².